The van der Waals surface area contributed by atoms with Crippen molar-refractivity contribution in [1.82, 2.24) is 64.9 Å². The highest BCUT2D eigenvalue weighted by Crippen LogP contribution is 2.39. The number of ketones is 1. The third kappa shape index (κ3) is 29.7. The number of Topliss-reactive ketones (excluding diaryl/α,β-unsaturated/α-hetero) is 1. The lowest BCUT2D eigenvalue weighted by molar-refractivity contribution is -0.146. The maximum absolute atomic E-state index is 13.0. The monoisotopic (exact) mass is 1190 g/mol. The van der Waals surface area contributed by atoms with Crippen molar-refractivity contribution in [3.63, 3.8) is 0 Å². The van der Waals surface area contributed by atoms with Gasteiger partial charge in [-0.2, -0.15) is 0 Å². The van der Waals surface area contributed by atoms with E-state index in [-0.39, 0.29) is 71.9 Å². The van der Waals surface area contributed by atoms with Gasteiger partial charge in [0.15, 0.2) is 5.78 Å². The quantitative estimate of drug-likeness (QED) is 0.0573. The molecule has 0 fully saturated rings. The van der Waals surface area contributed by atoms with Crippen molar-refractivity contribution < 1.29 is 67.1 Å². The van der Waals surface area contributed by atoms with Crippen LogP contribution in [0.1, 0.15) is 74.7 Å². The van der Waals surface area contributed by atoms with Gasteiger partial charge in [-0.1, -0.05) is 56.2 Å². The standard InChI is InChI=1S/C52H91N13O14S2/c1-34(2)50(78)37(6)55-39(67)23-56(9)41(69)25-58(11)43(71)27-60(13)45(73)29-62(15)47(75)31-64(17)49(77)32-65(18)48(76)30-63(16)46(74)28-61(14)44(72)26-59(12)42(70)24-57(10)40(68)21-22-53-38(66)20-19-36(5)80-81-52(7,8)33-54-51(79)35(3)4/h34-37H,19-33H2,1-18H3,(H,53,66)(H,54,79)(H,55,67)/t36?,37-/m0/s1. The normalized spacial score (nSPS) is 11.8. The fourth-order valence-electron chi connectivity index (χ4n) is 6.58. The summed E-state index contributed by atoms with van der Waals surface area (Å²) in [6.07, 6.45) is 0.806. The Hall–Kier alpha value is -6.52. The van der Waals surface area contributed by atoms with Crippen molar-refractivity contribution in [1.29, 1.82) is 0 Å². The zero-order chi connectivity index (χ0) is 62.8. The predicted molar refractivity (Wildman–Crippen MR) is 307 cm³/mol. The van der Waals surface area contributed by atoms with Crippen molar-refractivity contribution in [2.24, 2.45) is 11.8 Å². The van der Waals surface area contributed by atoms with E-state index in [0.29, 0.717) is 13.0 Å². The van der Waals surface area contributed by atoms with Crippen molar-refractivity contribution in [2.45, 2.75) is 90.7 Å². The van der Waals surface area contributed by atoms with Crippen molar-refractivity contribution in [3.8, 4) is 0 Å². The second kappa shape index (κ2) is 36.0. The Labute approximate surface area is 486 Å². The fraction of sp³-hybridized carbons (Fsp3) is 0.731. The highest BCUT2D eigenvalue weighted by molar-refractivity contribution is 8.77. The Bertz CT molecular complexity index is 2250. The van der Waals surface area contributed by atoms with E-state index in [1.54, 1.807) is 42.4 Å². The number of hydrogen-bond donors (Lipinski definition) is 3. The van der Waals surface area contributed by atoms with Gasteiger partial charge in [-0.3, -0.25) is 67.1 Å². The zero-order valence-electron chi connectivity index (χ0n) is 50.9. The van der Waals surface area contributed by atoms with E-state index in [1.807, 2.05) is 34.6 Å². The van der Waals surface area contributed by atoms with Crippen LogP contribution in [-0.2, 0) is 67.1 Å². The highest BCUT2D eigenvalue weighted by Gasteiger charge is 2.28. The summed E-state index contributed by atoms with van der Waals surface area (Å²) in [4.78, 5) is 189. The lowest BCUT2D eigenvalue weighted by Gasteiger charge is -2.27. The van der Waals surface area contributed by atoms with Gasteiger partial charge in [-0.25, -0.2) is 0 Å². The number of nitrogens with zero attached hydrogens (tertiary/aromatic N) is 10. The second-order valence-electron chi connectivity index (χ2n) is 21.6. The molecule has 0 aliphatic carbocycles. The van der Waals surface area contributed by atoms with Crippen LogP contribution in [0.3, 0.4) is 0 Å². The Kier molecular flexibility index (Phi) is 33.1. The maximum atomic E-state index is 13.0. The molecule has 0 aromatic carbocycles. The van der Waals surface area contributed by atoms with Gasteiger partial charge in [0.25, 0.3) is 0 Å². The minimum absolute atomic E-state index is 0.00571. The van der Waals surface area contributed by atoms with Crippen LogP contribution in [0.5, 0.6) is 0 Å². The molecular formula is C52H91N13O14S2. The zero-order valence-corrected chi connectivity index (χ0v) is 52.6. The van der Waals surface area contributed by atoms with E-state index >= 15 is 0 Å². The van der Waals surface area contributed by atoms with Crippen LogP contribution in [0.25, 0.3) is 0 Å². The Balaban J connectivity index is 4.82. The molecule has 0 spiro atoms. The molecule has 0 aliphatic rings. The first-order chi connectivity index (χ1) is 37.3. The number of likely N-dealkylation sites (N-methyl/N-ethyl adjacent to an activating group) is 10. The van der Waals surface area contributed by atoms with E-state index in [4.69, 9.17) is 0 Å². The van der Waals surface area contributed by atoms with Gasteiger partial charge in [0, 0.05) is 118 Å². The molecule has 0 rings (SSSR count). The molecule has 3 N–H and O–H groups in total. The average molecular weight is 1190 g/mol. The van der Waals surface area contributed by atoms with E-state index in [1.165, 1.54) is 75.4 Å². The number of carbonyl (C=O) groups is 14. The van der Waals surface area contributed by atoms with Gasteiger partial charge in [-0.05, 0) is 27.2 Å². The highest BCUT2D eigenvalue weighted by atomic mass is 33.1. The molecule has 0 aliphatic heterocycles. The molecule has 13 amide bonds. The summed E-state index contributed by atoms with van der Waals surface area (Å²) in [6.45, 7) is 11.0. The van der Waals surface area contributed by atoms with Gasteiger partial charge < -0.3 is 64.9 Å². The van der Waals surface area contributed by atoms with E-state index < -0.39 is 123 Å². The first kappa shape index (κ1) is 74.5. The molecule has 0 aromatic rings. The molecule has 0 bridgehead atoms. The average Bonchev–Trinajstić information content (AvgIpc) is 3.37. The first-order valence-electron chi connectivity index (χ1n) is 26.4. The molecule has 0 aromatic heterocycles. The van der Waals surface area contributed by atoms with E-state index in [9.17, 15) is 67.1 Å². The molecule has 0 saturated carbocycles. The number of nitrogens with one attached hydrogen (secondary N) is 3. The van der Waals surface area contributed by atoms with Gasteiger partial charge in [0.05, 0.1) is 71.5 Å². The number of carbonyl (C=O) groups excluding carboxylic acids is 14. The largest absolute Gasteiger partial charge is 0.356 e. The summed E-state index contributed by atoms with van der Waals surface area (Å²) in [6, 6.07) is -0.740. The van der Waals surface area contributed by atoms with E-state index in [2.05, 4.69) is 16.0 Å². The molecule has 2 atom stereocenters. The topological polar surface area (TPSA) is 307 Å². The molecule has 81 heavy (non-hydrogen) atoms. The minimum Gasteiger partial charge on any atom is -0.356 e. The van der Waals surface area contributed by atoms with Gasteiger partial charge in [0.1, 0.15) is 0 Å². The molecule has 1 unspecified atom stereocenters. The minimum atomic E-state index is -0.740. The predicted octanol–water partition coefficient (Wildman–Crippen LogP) is -2.09. The molecule has 27 nitrogen and oxygen atoms in total. The van der Waals surface area contributed by atoms with Crippen LogP contribution < -0.4 is 16.0 Å². The second-order valence-corrected chi connectivity index (χ2v) is 25.0. The maximum Gasteiger partial charge on any atom is 0.242 e. The molecule has 0 radical (unpaired) electrons. The van der Waals surface area contributed by atoms with Crippen LogP contribution in [0.4, 0.5) is 0 Å². The van der Waals surface area contributed by atoms with E-state index in [0.717, 1.165) is 44.1 Å². The third-order valence-corrected chi connectivity index (χ3v) is 16.3. The van der Waals surface area contributed by atoms with Crippen LogP contribution >= 0.6 is 21.6 Å². The number of amides is 13. The summed E-state index contributed by atoms with van der Waals surface area (Å²) >= 11 is 0. The summed E-state index contributed by atoms with van der Waals surface area (Å²) in [5.41, 5.74) is 0. The smallest absolute Gasteiger partial charge is 0.242 e. The first-order valence-corrected chi connectivity index (χ1v) is 28.6. The number of rotatable bonds is 35. The van der Waals surface area contributed by atoms with Crippen LogP contribution in [0, 0.1) is 11.8 Å². The van der Waals surface area contributed by atoms with Crippen LogP contribution in [-0.4, -0.2) is 297 Å². The lowest BCUT2D eigenvalue weighted by Crippen LogP contribution is -2.49. The van der Waals surface area contributed by atoms with Gasteiger partial charge in [-0.15, -0.1) is 0 Å². The van der Waals surface area contributed by atoms with Crippen LogP contribution in [0.15, 0.2) is 0 Å². The Morgan fingerprint density at radius 2 is 0.679 bits per heavy atom. The Morgan fingerprint density at radius 3 is 0.975 bits per heavy atom. The summed E-state index contributed by atoms with van der Waals surface area (Å²) in [7, 11) is 16.7. The van der Waals surface area contributed by atoms with Gasteiger partial charge >= 0.3 is 0 Å². The Morgan fingerprint density at radius 1 is 0.383 bits per heavy atom. The molecular weight excluding hydrogens is 1090 g/mol. The summed E-state index contributed by atoms with van der Waals surface area (Å²) in [5.74, 6) is -7.26. The van der Waals surface area contributed by atoms with Crippen LogP contribution in [0.2, 0.25) is 0 Å². The summed E-state index contributed by atoms with van der Waals surface area (Å²) in [5, 5.41) is 8.37. The molecule has 29 heteroatoms. The van der Waals surface area contributed by atoms with Crippen molar-refractivity contribution >= 4 is 104 Å². The molecule has 460 valence electrons. The van der Waals surface area contributed by atoms with Crippen molar-refractivity contribution in [2.75, 3.05) is 149 Å². The molecule has 0 saturated heterocycles. The van der Waals surface area contributed by atoms with Crippen molar-refractivity contribution in [3.05, 3.63) is 0 Å². The number of hydrogen-bond acceptors (Lipinski definition) is 16. The SMILES string of the molecule is CC(CCC(=O)NCCC(=O)N(C)CC(=O)N(C)CC(=O)N(C)CC(=O)N(C)CC(=O)N(C)CC(=O)N(C)CC(=O)N(C)CC(=O)N(C)CC(=O)N(C)CC(=O)N(C)CC(=O)N[C@@H](C)C(=O)C(C)C)SSC(C)(C)CNC(=O)C(C)C. The fourth-order valence-corrected chi connectivity index (χ4v) is 9.09. The lowest BCUT2D eigenvalue weighted by atomic mass is 10.0. The summed E-state index contributed by atoms with van der Waals surface area (Å²) < 4.78 is -0.205. The van der Waals surface area contributed by atoms with Gasteiger partial charge in [0.2, 0.25) is 76.8 Å². The molecule has 0 heterocycles. The third-order valence-electron chi connectivity index (χ3n) is 12.5.